The van der Waals surface area contributed by atoms with Crippen LogP contribution in [0.25, 0.3) is 11.3 Å². The van der Waals surface area contributed by atoms with Gasteiger partial charge in [-0.15, -0.1) is 0 Å². The van der Waals surface area contributed by atoms with Crippen LogP contribution in [0.2, 0.25) is 0 Å². The third-order valence-electron chi connectivity index (χ3n) is 6.19. The van der Waals surface area contributed by atoms with Gasteiger partial charge in [0, 0.05) is 30.9 Å². The summed E-state index contributed by atoms with van der Waals surface area (Å²) in [4.78, 5) is 17.9. The molecule has 6 nitrogen and oxygen atoms in total. The smallest absolute Gasteiger partial charge is 0.255 e. The molecule has 1 N–H and O–H groups in total. The molecule has 0 atom stereocenters. The molecular formula is C27H29N5O. The Kier molecular flexibility index (Phi) is 5.82. The van der Waals surface area contributed by atoms with Crippen LogP contribution in [-0.2, 0) is 26.1 Å². The minimum Gasteiger partial charge on any atom is -0.346 e. The molecule has 0 fully saturated rings. The maximum absolute atomic E-state index is 13.2. The van der Waals surface area contributed by atoms with E-state index in [1.165, 1.54) is 24.0 Å². The van der Waals surface area contributed by atoms with Crippen molar-refractivity contribution >= 4 is 5.91 Å². The van der Waals surface area contributed by atoms with Crippen LogP contribution in [-0.4, -0.2) is 25.2 Å². The Morgan fingerprint density at radius 2 is 1.70 bits per heavy atom. The molecule has 0 spiro atoms. The molecule has 0 bridgehead atoms. The first-order valence-electron chi connectivity index (χ1n) is 11.6. The third kappa shape index (κ3) is 4.75. The predicted molar refractivity (Wildman–Crippen MR) is 129 cm³/mol. The van der Waals surface area contributed by atoms with E-state index in [9.17, 15) is 4.79 Å². The number of carbonyl (C=O) groups excluding carboxylic acids is 1. The number of aryl methyl sites for hydroxylation is 4. The monoisotopic (exact) mass is 439 g/mol. The highest BCUT2D eigenvalue weighted by molar-refractivity contribution is 5.99. The highest BCUT2D eigenvalue weighted by Gasteiger charge is 2.19. The fourth-order valence-electron chi connectivity index (χ4n) is 4.30. The lowest BCUT2D eigenvalue weighted by atomic mass is 10.1. The lowest BCUT2D eigenvalue weighted by Crippen LogP contribution is -2.23. The Labute approximate surface area is 194 Å². The highest BCUT2D eigenvalue weighted by atomic mass is 16.1. The van der Waals surface area contributed by atoms with E-state index in [4.69, 9.17) is 10.1 Å². The van der Waals surface area contributed by atoms with Crippen LogP contribution in [0, 0.1) is 13.8 Å². The first-order chi connectivity index (χ1) is 16.0. The number of nitrogens with zero attached hydrogens (tertiary/aromatic N) is 4. The van der Waals surface area contributed by atoms with Crippen molar-refractivity contribution in [3.63, 3.8) is 0 Å². The minimum atomic E-state index is -0.133. The maximum atomic E-state index is 13.2. The molecule has 1 aliphatic rings. The first kappa shape index (κ1) is 21.2. The molecule has 0 saturated heterocycles. The van der Waals surface area contributed by atoms with Crippen LogP contribution in [0.15, 0.2) is 60.9 Å². The molecule has 33 heavy (non-hydrogen) atoms. The molecule has 0 unspecified atom stereocenters. The van der Waals surface area contributed by atoms with Crippen LogP contribution < -0.4 is 5.32 Å². The average Bonchev–Trinajstić information content (AvgIpc) is 3.43. The zero-order chi connectivity index (χ0) is 22.8. The van der Waals surface area contributed by atoms with Crippen LogP contribution in [0.4, 0.5) is 0 Å². The zero-order valence-corrected chi connectivity index (χ0v) is 19.2. The number of hydrogen-bond acceptors (Lipinski definition) is 3. The minimum absolute atomic E-state index is 0.133. The molecule has 6 heteroatoms. The number of hydrogen-bond donors (Lipinski definition) is 1. The number of rotatable bonds is 6. The van der Waals surface area contributed by atoms with Gasteiger partial charge in [-0.05, 0) is 32.3 Å². The number of nitrogens with one attached hydrogen (secondary N) is 1. The SMILES string of the molecule is Cc1ccc(Cn2cc(C(=O)NCc3cn4c(n3)CCCC4)c(-c3ccc(C)cc3)n2)cc1. The largest absolute Gasteiger partial charge is 0.346 e. The summed E-state index contributed by atoms with van der Waals surface area (Å²) in [6, 6.07) is 16.5. The van der Waals surface area contributed by atoms with E-state index in [-0.39, 0.29) is 5.91 Å². The molecule has 0 radical (unpaired) electrons. The quantitative estimate of drug-likeness (QED) is 0.475. The molecule has 3 heterocycles. The van der Waals surface area contributed by atoms with Crippen LogP contribution in [0.3, 0.4) is 0 Å². The van der Waals surface area contributed by atoms with Gasteiger partial charge in [0.2, 0.25) is 0 Å². The van der Waals surface area contributed by atoms with E-state index in [1.807, 2.05) is 35.1 Å². The van der Waals surface area contributed by atoms with Crippen molar-refractivity contribution in [1.82, 2.24) is 24.6 Å². The second-order valence-corrected chi connectivity index (χ2v) is 8.92. The Morgan fingerprint density at radius 3 is 2.42 bits per heavy atom. The Bertz CT molecular complexity index is 1240. The molecule has 4 aromatic rings. The van der Waals surface area contributed by atoms with Gasteiger partial charge in [-0.25, -0.2) is 4.98 Å². The van der Waals surface area contributed by atoms with Gasteiger partial charge in [0.1, 0.15) is 11.5 Å². The number of fused-ring (bicyclic) bond motifs is 1. The molecule has 1 aliphatic heterocycles. The summed E-state index contributed by atoms with van der Waals surface area (Å²) in [6.45, 7) is 6.17. The molecule has 168 valence electrons. The van der Waals surface area contributed by atoms with Gasteiger partial charge in [-0.2, -0.15) is 5.10 Å². The molecule has 2 aromatic heterocycles. The van der Waals surface area contributed by atoms with Gasteiger partial charge in [0.05, 0.1) is 24.3 Å². The third-order valence-corrected chi connectivity index (χ3v) is 6.19. The average molecular weight is 440 g/mol. The molecular weight excluding hydrogens is 410 g/mol. The summed E-state index contributed by atoms with van der Waals surface area (Å²) in [6.07, 6.45) is 7.30. The van der Waals surface area contributed by atoms with E-state index in [0.717, 1.165) is 35.6 Å². The second-order valence-electron chi connectivity index (χ2n) is 8.92. The fraction of sp³-hybridized carbons (Fsp3) is 0.296. The number of aromatic nitrogens is 4. The van der Waals surface area contributed by atoms with Gasteiger partial charge in [0.25, 0.3) is 5.91 Å². The Hall–Kier alpha value is -3.67. The first-order valence-corrected chi connectivity index (χ1v) is 11.6. The Morgan fingerprint density at radius 1 is 0.970 bits per heavy atom. The lowest BCUT2D eigenvalue weighted by molar-refractivity contribution is 0.0951. The molecule has 0 saturated carbocycles. The normalized spacial score (nSPS) is 13.0. The lowest BCUT2D eigenvalue weighted by Gasteiger charge is -2.11. The Balaban J connectivity index is 1.39. The van der Waals surface area contributed by atoms with Crippen LogP contribution in [0.5, 0.6) is 0 Å². The van der Waals surface area contributed by atoms with E-state index in [1.54, 1.807) is 0 Å². The van der Waals surface area contributed by atoms with Crippen LogP contribution in [0.1, 0.15) is 51.4 Å². The van der Waals surface area contributed by atoms with Crippen molar-refractivity contribution in [1.29, 1.82) is 0 Å². The van der Waals surface area contributed by atoms with Gasteiger partial charge in [-0.3, -0.25) is 9.48 Å². The van der Waals surface area contributed by atoms with Gasteiger partial charge >= 0.3 is 0 Å². The number of carbonyl (C=O) groups is 1. The summed E-state index contributed by atoms with van der Waals surface area (Å²) in [5.74, 6) is 0.989. The molecule has 5 rings (SSSR count). The van der Waals surface area contributed by atoms with E-state index >= 15 is 0 Å². The summed E-state index contributed by atoms with van der Waals surface area (Å²) >= 11 is 0. The van der Waals surface area contributed by atoms with Gasteiger partial charge < -0.3 is 9.88 Å². The van der Waals surface area contributed by atoms with E-state index in [2.05, 4.69) is 54.2 Å². The van der Waals surface area contributed by atoms with Crippen molar-refractivity contribution in [3.8, 4) is 11.3 Å². The van der Waals surface area contributed by atoms with Crippen molar-refractivity contribution in [2.45, 2.75) is 52.7 Å². The van der Waals surface area contributed by atoms with Crippen molar-refractivity contribution in [3.05, 3.63) is 94.7 Å². The predicted octanol–water partition coefficient (Wildman–Crippen LogP) is 4.68. The van der Waals surface area contributed by atoms with Crippen molar-refractivity contribution in [2.75, 3.05) is 0 Å². The van der Waals surface area contributed by atoms with Gasteiger partial charge in [0.15, 0.2) is 0 Å². The van der Waals surface area contributed by atoms with Crippen molar-refractivity contribution < 1.29 is 4.79 Å². The summed E-state index contributed by atoms with van der Waals surface area (Å²) in [5.41, 5.74) is 6.66. The summed E-state index contributed by atoms with van der Waals surface area (Å²) in [5, 5.41) is 7.86. The summed E-state index contributed by atoms with van der Waals surface area (Å²) < 4.78 is 4.06. The van der Waals surface area contributed by atoms with Crippen LogP contribution >= 0.6 is 0 Å². The number of amides is 1. The highest BCUT2D eigenvalue weighted by Crippen LogP contribution is 2.23. The second kappa shape index (κ2) is 9.06. The molecule has 0 aliphatic carbocycles. The standard InChI is InChI=1S/C27H29N5O/c1-19-6-10-21(11-7-19)16-32-18-24(26(30-32)22-12-8-20(2)9-13-22)27(33)28-15-23-17-31-14-4-3-5-25(31)29-23/h6-13,17-18H,3-5,14-16H2,1-2H3,(H,28,33). The molecule has 2 aromatic carbocycles. The maximum Gasteiger partial charge on any atom is 0.255 e. The van der Waals surface area contributed by atoms with E-state index < -0.39 is 0 Å². The van der Waals surface area contributed by atoms with E-state index in [0.29, 0.717) is 24.3 Å². The number of imidazole rings is 1. The summed E-state index contributed by atoms with van der Waals surface area (Å²) in [7, 11) is 0. The number of benzene rings is 2. The van der Waals surface area contributed by atoms with Gasteiger partial charge in [-0.1, -0.05) is 59.7 Å². The fourth-order valence-corrected chi connectivity index (χ4v) is 4.30. The van der Waals surface area contributed by atoms with Crippen molar-refractivity contribution in [2.24, 2.45) is 0 Å². The molecule has 1 amide bonds. The zero-order valence-electron chi connectivity index (χ0n) is 19.2. The topological polar surface area (TPSA) is 64.7 Å².